The van der Waals surface area contributed by atoms with Crippen molar-refractivity contribution >= 4 is 22.2 Å². The van der Waals surface area contributed by atoms with Crippen molar-refractivity contribution in [2.45, 2.75) is 31.9 Å². The molecule has 1 aliphatic heterocycles. The molecule has 6 nitrogen and oxygen atoms in total. The highest BCUT2D eigenvalue weighted by Crippen LogP contribution is 2.54. The van der Waals surface area contributed by atoms with Crippen molar-refractivity contribution in [3.05, 3.63) is 28.0 Å². The minimum Gasteiger partial charge on any atom is -0.377 e. The summed E-state index contributed by atoms with van der Waals surface area (Å²) in [6, 6.07) is 0. The summed E-state index contributed by atoms with van der Waals surface area (Å²) in [7, 11) is 1.41. The first-order valence-corrected chi connectivity index (χ1v) is 9.30. The molecule has 2 aliphatic rings. The van der Waals surface area contributed by atoms with Gasteiger partial charge >= 0.3 is 12.4 Å². The van der Waals surface area contributed by atoms with Crippen LogP contribution in [0.15, 0.2) is 11.6 Å². The molecule has 0 radical (unpaired) electrons. The maximum Gasteiger partial charge on any atom is 0.435 e. The van der Waals surface area contributed by atoms with Crippen LogP contribution in [0.1, 0.15) is 22.8 Å². The third-order valence-corrected chi connectivity index (χ3v) is 5.78. The van der Waals surface area contributed by atoms with Gasteiger partial charge in [-0.1, -0.05) is 11.3 Å². The molecule has 29 heavy (non-hydrogen) atoms. The predicted octanol–water partition coefficient (Wildman–Crippen LogP) is 3.42. The number of ether oxygens (including phenoxy) is 1. The fourth-order valence-electron chi connectivity index (χ4n) is 3.48. The van der Waals surface area contributed by atoms with Crippen LogP contribution in [-0.2, 0) is 28.9 Å². The van der Waals surface area contributed by atoms with Gasteiger partial charge in [-0.15, -0.1) is 0 Å². The van der Waals surface area contributed by atoms with E-state index in [0.717, 1.165) is 26.8 Å². The summed E-state index contributed by atoms with van der Waals surface area (Å²) in [5, 5.41) is 4.46. The number of hydrogen-bond donors (Lipinski definition) is 0. The second-order valence-corrected chi connectivity index (χ2v) is 7.97. The third-order valence-electron chi connectivity index (χ3n) is 4.90. The number of aromatic nitrogens is 3. The van der Waals surface area contributed by atoms with E-state index in [-0.39, 0.29) is 30.2 Å². The SMILES string of the molecule is COCc1nn2c(CN3CC([C@H]4C[C@@H]4C(F)(F)F)=CC3=O)c(C(F)(F)F)nc2s1. The molecule has 2 aromatic heterocycles. The van der Waals surface area contributed by atoms with Crippen molar-refractivity contribution in [3.63, 3.8) is 0 Å². The van der Waals surface area contributed by atoms with Crippen molar-refractivity contribution in [3.8, 4) is 0 Å². The van der Waals surface area contributed by atoms with Gasteiger partial charge in [-0.05, 0) is 17.9 Å². The molecule has 1 saturated carbocycles. The first-order valence-electron chi connectivity index (χ1n) is 8.48. The Morgan fingerprint density at radius 3 is 2.59 bits per heavy atom. The number of carbonyl (C=O) groups is 1. The molecule has 0 spiro atoms. The molecule has 0 saturated heterocycles. The van der Waals surface area contributed by atoms with Crippen LogP contribution in [0, 0.1) is 11.8 Å². The Morgan fingerprint density at radius 2 is 2.00 bits per heavy atom. The van der Waals surface area contributed by atoms with E-state index < -0.39 is 42.3 Å². The van der Waals surface area contributed by atoms with E-state index in [1.165, 1.54) is 7.11 Å². The predicted molar refractivity (Wildman–Crippen MR) is 87.7 cm³/mol. The van der Waals surface area contributed by atoms with Crippen molar-refractivity contribution in [1.82, 2.24) is 19.5 Å². The van der Waals surface area contributed by atoms with Gasteiger partial charge in [-0.2, -0.15) is 31.4 Å². The maximum atomic E-state index is 13.4. The minimum absolute atomic E-state index is 0.00136. The van der Waals surface area contributed by atoms with E-state index in [1.54, 1.807) is 0 Å². The molecule has 2 aromatic rings. The average Bonchev–Trinajstić information content (AvgIpc) is 3.05. The van der Waals surface area contributed by atoms with Crippen LogP contribution >= 0.6 is 11.3 Å². The van der Waals surface area contributed by atoms with Gasteiger partial charge in [0.05, 0.1) is 24.8 Å². The minimum atomic E-state index is -4.76. The zero-order chi connectivity index (χ0) is 21.1. The van der Waals surface area contributed by atoms with Crippen LogP contribution in [-0.4, -0.2) is 45.2 Å². The first-order chi connectivity index (χ1) is 13.5. The van der Waals surface area contributed by atoms with Gasteiger partial charge in [0.25, 0.3) is 0 Å². The first kappa shape index (κ1) is 20.1. The standard InChI is InChI=1S/C16H14F6N4O2S/c1-28-6-11-24-26-10(13(16(20,21)22)23-14(26)29-11)5-25-4-7(2-12(25)27)8-3-9(8)15(17,18)19/h2,8-9H,3-6H2,1H3/t8-,9+/m1/s1. The summed E-state index contributed by atoms with van der Waals surface area (Å²) in [6.45, 7) is -0.520. The lowest BCUT2D eigenvalue weighted by Crippen LogP contribution is -2.28. The van der Waals surface area contributed by atoms with Crippen LogP contribution in [0.2, 0.25) is 0 Å². The largest absolute Gasteiger partial charge is 0.435 e. The van der Waals surface area contributed by atoms with Gasteiger partial charge in [0.1, 0.15) is 5.01 Å². The molecule has 1 amide bonds. The van der Waals surface area contributed by atoms with Crippen molar-refractivity contribution in [2.75, 3.05) is 13.7 Å². The van der Waals surface area contributed by atoms with Gasteiger partial charge in [0.15, 0.2) is 5.69 Å². The molecule has 3 heterocycles. The monoisotopic (exact) mass is 440 g/mol. The number of halogens is 6. The van der Waals surface area contributed by atoms with E-state index in [9.17, 15) is 31.1 Å². The molecular formula is C16H14F6N4O2S. The van der Waals surface area contributed by atoms with Crippen LogP contribution in [0.4, 0.5) is 26.3 Å². The molecule has 13 heteroatoms. The highest BCUT2D eigenvalue weighted by Gasteiger charge is 2.57. The molecule has 0 aromatic carbocycles. The molecule has 158 valence electrons. The summed E-state index contributed by atoms with van der Waals surface area (Å²) in [4.78, 5) is 16.9. The highest BCUT2D eigenvalue weighted by atomic mass is 32.1. The van der Waals surface area contributed by atoms with Crippen LogP contribution in [0.25, 0.3) is 4.96 Å². The Labute approximate surface area is 163 Å². The van der Waals surface area contributed by atoms with E-state index in [1.807, 2.05) is 0 Å². The van der Waals surface area contributed by atoms with E-state index in [2.05, 4.69) is 10.1 Å². The molecule has 1 fully saturated rings. The highest BCUT2D eigenvalue weighted by molar-refractivity contribution is 7.16. The van der Waals surface area contributed by atoms with Crippen molar-refractivity contribution < 1.29 is 35.9 Å². The second kappa shape index (κ2) is 6.69. The normalized spacial score (nSPS) is 22.7. The number of nitrogens with zero attached hydrogens (tertiary/aromatic N) is 4. The van der Waals surface area contributed by atoms with Crippen molar-refractivity contribution in [2.24, 2.45) is 11.8 Å². The third kappa shape index (κ3) is 3.72. The average molecular weight is 440 g/mol. The Hall–Kier alpha value is -2.15. The number of amides is 1. The lowest BCUT2D eigenvalue weighted by atomic mass is 10.1. The molecular weight excluding hydrogens is 426 g/mol. The quantitative estimate of drug-likeness (QED) is 0.669. The molecule has 0 N–H and O–H groups in total. The van der Waals surface area contributed by atoms with Gasteiger partial charge < -0.3 is 9.64 Å². The Kier molecular flexibility index (Phi) is 4.64. The number of hydrogen-bond acceptors (Lipinski definition) is 5. The number of methoxy groups -OCH3 is 1. The Morgan fingerprint density at radius 1 is 1.28 bits per heavy atom. The van der Waals surface area contributed by atoms with E-state index in [4.69, 9.17) is 4.74 Å². The van der Waals surface area contributed by atoms with Crippen LogP contribution in [0.5, 0.6) is 0 Å². The Balaban J connectivity index is 1.58. The zero-order valence-corrected chi connectivity index (χ0v) is 15.7. The zero-order valence-electron chi connectivity index (χ0n) is 14.8. The summed E-state index contributed by atoms with van der Waals surface area (Å²) < 4.78 is 84.5. The fourth-order valence-corrected chi connectivity index (χ4v) is 4.36. The lowest BCUT2D eigenvalue weighted by molar-refractivity contribution is -0.150. The van der Waals surface area contributed by atoms with Gasteiger partial charge in [-0.25, -0.2) is 9.50 Å². The van der Waals surface area contributed by atoms with E-state index >= 15 is 0 Å². The molecule has 2 atom stereocenters. The van der Waals surface area contributed by atoms with Gasteiger partial charge in [0.2, 0.25) is 10.9 Å². The number of imidazole rings is 1. The van der Waals surface area contributed by atoms with Gasteiger partial charge in [-0.3, -0.25) is 4.79 Å². The maximum absolute atomic E-state index is 13.4. The van der Waals surface area contributed by atoms with E-state index in [0.29, 0.717) is 10.6 Å². The number of alkyl halides is 6. The van der Waals surface area contributed by atoms with Crippen LogP contribution < -0.4 is 0 Å². The lowest BCUT2D eigenvalue weighted by Gasteiger charge is -2.17. The number of rotatable bonds is 5. The molecule has 0 bridgehead atoms. The van der Waals surface area contributed by atoms with Crippen LogP contribution in [0.3, 0.4) is 0 Å². The number of carbonyl (C=O) groups excluding carboxylic acids is 1. The molecule has 0 unspecified atom stereocenters. The van der Waals surface area contributed by atoms with Gasteiger partial charge in [0, 0.05) is 19.7 Å². The summed E-state index contributed by atoms with van der Waals surface area (Å²) >= 11 is 0.924. The molecule has 4 rings (SSSR count). The number of fused-ring (bicyclic) bond motifs is 1. The summed E-state index contributed by atoms with van der Waals surface area (Å²) in [5.74, 6) is -2.91. The summed E-state index contributed by atoms with van der Waals surface area (Å²) in [6.07, 6.45) is -8.12. The topological polar surface area (TPSA) is 59.7 Å². The van der Waals surface area contributed by atoms with Crippen molar-refractivity contribution in [1.29, 1.82) is 0 Å². The Bertz CT molecular complexity index is 992. The summed E-state index contributed by atoms with van der Waals surface area (Å²) in [5.41, 5.74) is -1.21. The molecule has 1 aliphatic carbocycles. The fraction of sp³-hybridized carbons (Fsp3) is 0.562. The smallest absolute Gasteiger partial charge is 0.377 e. The second-order valence-electron chi connectivity index (χ2n) is 6.93.